The Kier molecular flexibility index (Phi) is 13.3. The Morgan fingerprint density at radius 3 is 1.25 bits per heavy atom. The van der Waals surface area contributed by atoms with Crippen LogP contribution in [0.3, 0.4) is 0 Å². The van der Waals surface area contributed by atoms with E-state index in [0.717, 1.165) is 0 Å². The number of hydrogen-bond acceptors (Lipinski definition) is 12. The zero-order valence-electron chi connectivity index (χ0n) is 12.3. The molecule has 0 aromatic heterocycles. The topological polar surface area (TPSA) is 210 Å². The third-order valence-corrected chi connectivity index (χ3v) is 3.31. The van der Waals surface area contributed by atoms with Gasteiger partial charge in [-0.2, -0.15) is 0 Å². The molecule has 12 nitrogen and oxygen atoms in total. The molecule has 0 bridgehead atoms. The van der Waals surface area contributed by atoms with Crippen molar-refractivity contribution in [2.24, 2.45) is 0 Å². The van der Waals surface area contributed by atoms with Crippen LogP contribution < -0.4 is 97.0 Å². The number of phenolic OH excluding ortho intramolecular Hbond substituents is 1. The third kappa shape index (κ3) is 10.5. The molecule has 1 N–H and O–H groups in total. The van der Waals surface area contributed by atoms with Crippen LogP contribution in [0.25, 0.3) is 0 Å². The number of benzene rings is 1. The Balaban J connectivity index is -0.00000147. The number of rotatable bonds is 5. The van der Waals surface area contributed by atoms with Gasteiger partial charge in [0, 0.05) is 12.1 Å². The first-order valence-electron chi connectivity index (χ1n) is 4.32. The normalized spacial score (nSPS) is 11.3. The van der Waals surface area contributed by atoms with E-state index in [0.29, 0.717) is 0 Å². The predicted molar refractivity (Wildman–Crippen MR) is 56.7 cm³/mol. The van der Waals surface area contributed by atoms with Crippen molar-refractivity contribution < 1.29 is 141 Å². The zero-order chi connectivity index (χ0) is 16.6. The molecule has 0 heterocycles. The van der Waals surface area contributed by atoms with Gasteiger partial charge in [0.1, 0.15) is 20.8 Å². The van der Waals surface area contributed by atoms with E-state index >= 15 is 0 Å². The average Bonchev–Trinajstić information content (AvgIpc) is 2.06. The maximum atomic E-state index is 11.0. The molecule has 0 amide bonds. The number of hydrogen-bond donors (Lipinski definition) is 1. The van der Waals surface area contributed by atoms with Crippen molar-refractivity contribution in [3.05, 3.63) is 12.1 Å². The van der Waals surface area contributed by atoms with Gasteiger partial charge >= 0.3 is 88.7 Å². The van der Waals surface area contributed by atoms with Crippen LogP contribution >= 0.6 is 0 Å². The van der Waals surface area contributed by atoms with E-state index in [1.165, 1.54) is 0 Å². The second kappa shape index (κ2) is 10.6. The molecule has 0 spiro atoms. The van der Waals surface area contributed by atoms with E-state index in [2.05, 4.69) is 8.37 Å². The Morgan fingerprint density at radius 1 is 0.750 bits per heavy atom. The van der Waals surface area contributed by atoms with Crippen molar-refractivity contribution in [2.75, 3.05) is 0 Å². The summed E-state index contributed by atoms with van der Waals surface area (Å²) < 4.78 is 103. The second-order valence-electron chi connectivity index (χ2n) is 3.21. The van der Waals surface area contributed by atoms with Crippen LogP contribution in [0.15, 0.2) is 17.0 Å². The smallest absolute Gasteiger partial charge is 0.744 e. The summed E-state index contributed by atoms with van der Waals surface area (Å²) in [5.74, 6) is -4.11. The van der Waals surface area contributed by atoms with E-state index in [4.69, 9.17) is 5.11 Å². The van der Waals surface area contributed by atoms with E-state index < -0.39 is 53.1 Å². The van der Waals surface area contributed by atoms with Crippen molar-refractivity contribution in [1.82, 2.24) is 0 Å². The van der Waals surface area contributed by atoms with Crippen molar-refractivity contribution >= 4 is 30.9 Å². The molecule has 1 aromatic carbocycles. The molecule has 0 saturated heterocycles. The minimum absolute atomic E-state index is 0. The van der Waals surface area contributed by atoms with Gasteiger partial charge in [-0.1, -0.05) is 0 Å². The zero-order valence-corrected chi connectivity index (χ0v) is 20.8. The summed E-state index contributed by atoms with van der Waals surface area (Å²) in [5, 5.41) is 9.13. The standard InChI is InChI=1S/C6H6O12S3.3Na/c7-3-1-4(17-20(11,12)13)6(19(8,9)10)5(2-3)18-21(14,15)16;;;/h1-2,7H,(H,8,9,10)(H,11,12,13)(H,14,15,16);;;/q;3*+1/p-3. The molecule has 1 rings (SSSR count). The molecule has 0 unspecified atom stereocenters. The van der Waals surface area contributed by atoms with Gasteiger partial charge in [-0.3, -0.25) is 0 Å². The molecule has 0 fully saturated rings. The third-order valence-electron chi connectivity index (χ3n) is 1.64. The molecule has 0 saturated carbocycles. The molecule has 120 valence electrons. The summed E-state index contributed by atoms with van der Waals surface area (Å²) in [5.41, 5.74) is 0. The first-order chi connectivity index (χ1) is 9.19. The first kappa shape index (κ1) is 30.1. The van der Waals surface area contributed by atoms with Crippen LogP contribution in [0, 0.1) is 0 Å². The minimum Gasteiger partial charge on any atom is -0.744 e. The quantitative estimate of drug-likeness (QED) is 0.261. The summed E-state index contributed by atoms with van der Waals surface area (Å²) in [6.07, 6.45) is 0. The molecular weight excluding hydrogens is 429 g/mol. The molecule has 0 aliphatic rings. The van der Waals surface area contributed by atoms with Gasteiger partial charge in [-0.05, 0) is 0 Å². The van der Waals surface area contributed by atoms with Crippen molar-refractivity contribution in [2.45, 2.75) is 4.90 Å². The van der Waals surface area contributed by atoms with Crippen LogP contribution in [-0.4, -0.2) is 44.0 Å². The fourth-order valence-electron chi connectivity index (χ4n) is 1.15. The SMILES string of the molecule is O=S(=O)([O-])Oc1cc(O)cc(OS(=O)(=O)[O-])c1S(=O)(=O)[O-].[Na+].[Na+].[Na+]. The molecule has 0 radical (unpaired) electrons. The van der Waals surface area contributed by atoms with E-state index in [-0.39, 0.29) is 101 Å². The van der Waals surface area contributed by atoms with E-state index in [1.54, 1.807) is 0 Å². The van der Waals surface area contributed by atoms with Gasteiger partial charge < -0.3 is 27.1 Å². The molecule has 0 atom stereocenters. The fourth-order valence-corrected chi connectivity index (χ4v) is 2.66. The molecule has 18 heteroatoms. The predicted octanol–water partition coefficient (Wildman–Crippen LogP) is -11.0. The summed E-state index contributed by atoms with van der Waals surface area (Å²) in [6, 6.07) is 0.426. The van der Waals surface area contributed by atoms with Crippen LogP contribution in [0.1, 0.15) is 0 Å². The van der Waals surface area contributed by atoms with Gasteiger partial charge in [-0.25, -0.2) is 25.3 Å². The van der Waals surface area contributed by atoms with Crippen LogP contribution in [0.5, 0.6) is 17.2 Å². The summed E-state index contributed by atoms with van der Waals surface area (Å²) in [7, 11) is -16.8. The Hall–Kier alpha value is 1.35. The molecule has 0 aliphatic heterocycles. The Bertz CT molecular complexity index is 820. The minimum atomic E-state index is -5.64. The summed E-state index contributed by atoms with van der Waals surface area (Å²) in [6.45, 7) is 0. The monoisotopic (exact) mass is 432 g/mol. The van der Waals surface area contributed by atoms with Crippen LogP contribution in [0.2, 0.25) is 0 Å². The van der Waals surface area contributed by atoms with Crippen LogP contribution in [0.4, 0.5) is 0 Å². The van der Waals surface area contributed by atoms with Gasteiger partial charge in [0.05, 0.1) is 0 Å². The van der Waals surface area contributed by atoms with Gasteiger partial charge in [0.2, 0.25) is 0 Å². The van der Waals surface area contributed by atoms with Gasteiger partial charge in [-0.15, -0.1) is 0 Å². The Morgan fingerprint density at radius 2 is 1.04 bits per heavy atom. The van der Waals surface area contributed by atoms with Crippen LogP contribution in [-0.2, 0) is 30.9 Å². The van der Waals surface area contributed by atoms with E-state index in [1.807, 2.05) is 0 Å². The average molecular weight is 432 g/mol. The van der Waals surface area contributed by atoms with E-state index in [9.17, 15) is 38.9 Å². The summed E-state index contributed by atoms with van der Waals surface area (Å²) >= 11 is 0. The molecule has 1 aromatic rings. The molecule has 0 aliphatic carbocycles. The number of aromatic hydroxyl groups is 1. The van der Waals surface area contributed by atoms with Gasteiger partial charge in [0.15, 0.2) is 11.5 Å². The van der Waals surface area contributed by atoms with Crippen molar-refractivity contribution in [3.63, 3.8) is 0 Å². The molecule has 24 heavy (non-hydrogen) atoms. The maximum absolute atomic E-state index is 11.0. The number of phenols is 1. The second-order valence-corrected chi connectivity index (χ2v) is 6.49. The van der Waals surface area contributed by atoms with Crippen molar-refractivity contribution in [3.8, 4) is 17.2 Å². The first-order valence-corrected chi connectivity index (χ1v) is 8.40. The summed E-state index contributed by atoms with van der Waals surface area (Å²) in [4.78, 5) is -1.76. The Labute approximate surface area is 203 Å². The largest absolute Gasteiger partial charge is 1.00 e. The fraction of sp³-hybridized carbons (Fsp3) is 0. The maximum Gasteiger partial charge on any atom is 1.00 e. The van der Waals surface area contributed by atoms with Crippen molar-refractivity contribution in [1.29, 1.82) is 0 Å². The van der Waals surface area contributed by atoms with Gasteiger partial charge in [0.25, 0.3) is 20.8 Å². The molecular formula is C6H3Na3O12S3.